The third kappa shape index (κ3) is 4.86. The standard InChI is InChI=1S/C20H20ClN3O3/c21-17-8-6-16(7-9-17)20(27)24-12-10-23(11-13-24)18(25)14-22-19(26)15-4-2-1-3-5-15/h1-9H,10-14H2,(H,22,26). The summed E-state index contributed by atoms with van der Waals surface area (Å²) in [4.78, 5) is 40.2. The normalized spacial score (nSPS) is 14.0. The maximum atomic E-state index is 12.5. The van der Waals surface area contributed by atoms with Crippen LogP contribution in [0, 0.1) is 0 Å². The third-order valence-electron chi connectivity index (χ3n) is 4.45. The number of rotatable bonds is 4. The lowest BCUT2D eigenvalue weighted by Crippen LogP contribution is -2.52. The molecule has 1 N–H and O–H groups in total. The van der Waals surface area contributed by atoms with E-state index in [1.54, 1.807) is 58.3 Å². The van der Waals surface area contributed by atoms with Crippen molar-refractivity contribution < 1.29 is 14.4 Å². The lowest BCUT2D eigenvalue weighted by Gasteiger charge is -2.34. The number of nitrogens with zero attached hydrogens (tertiary/aromatic N) is 2. The highest BCUT2D eigenvalue weighted by atomic mass is 35.5. The molecule has 0 aliphatic carbocycles. The molecule has 0 radical (unpaired) electrons. The molecule has 140 valence electrons. The molecule has 1 aliphatic heterocycles. The van der Waals surface area contributed by atoms with Gasteiger partial charge in [0.15, 0.2) is 0 Å². The second-order valence-corrected chi connectivity index (χ2v) is 6.67. The van der Waals surface area contributed by atoms with E-state index in [9.17, 15) is 14.4 Å². The molecule has 2 aromatic rings. The topological polar surface area (TPSA) is 69.7 Å². The van der Waals surface area contributed by atoms with Crippen LogP contribution in [0.2, 0.25) is 5.02 Å². The summed E-state index contributed by atoms with van der Waals surface area (Å²) >= 11 is 5.85. The minimum Gasteiger partial charge on any atom is -0.343 e. The Morgan fingerprint density at radius 2 is 1.41 bits per heavy atom. The monoisotopic (exact) mass is 385 g/mol. The van der Waals surface area contributed by atoms with Gasteiger partial charge < -0.3 is 15.1 Å². The predicted octanol–water partition coefficient (Wildman–Crippen LogP) is 2.05. The highest BCUT2D eigenvalue weighted by Gasteiger charge is 2.25. The first-order valence-corrected chi connectivity index (χ1v) is 9.08. The van der Waals surface area contributed by atoms with E-state index in [4.69, 9.17) is 11.6 Å². The van der Waals surface area contributed by atoms with Crippen LogP contribution in [0.1, 0.15) is 20.7 Å². The molecule has 0 spiro atoms. The number of carbonyl (C=O) groups is 3. The van der Waals surface area contributed by atoms with E-state index in [0.717, 1.165) is 0 Å². The molecule has 2 aromatic carbocycles. The number of halogens is 1. The number of piperazine rings is 1. The molecule has 1 saturated heterocycles. The minimum atomic E-state index is -0.277. The summed E-state index contributed by atoms with van der Waals surface area (Å²) in [5.74, 6) is -0.505. The smallest absolute Gasteiger partial charge is 0.253 e. The first kappa shape index (κ1) is 18.9. The second-order valence-electron chi connectivity index (χ2n) is 6.23. The van der Waals surface area contributed by atoms with Gasteiger partial charge in [0.05, 0.1) is 6.54 Å². The number of nitrogens with one attached hydrogen (secondary N) is 1. The molecule has 0 atom stereocenters. The van der Waals surface area contributed by atoms with E-state index in [-0.39, 0.29) is 24.3 Å². The highest BCUT2D eigenvalue weighted by molar-refractivity contribution is 6.30. The quantitative estimate of drug-likeness (QED) is 0.875. The third-order valence-corrected chi connectivity index (χ3v) is 4.70. The van der Waals surface area contributed by atoms with Crippen LogP contribution < -0.4 is 5.32 Å². The highest BCUT2D eigenvalue weighted by Crippen LogP contribution is 2.13. The zero-order valence-electron chi connectivity index (χ0n) is 14.7. The molecular weight excluding hydrogens is 366 g/mol. The van der Waals surface area contributed by atoms with Crippen molar-refractivity contribution in [3.05, 3.63) is 70.7 Å². The minimum absolute atomic E-state index is 0.0567. The van der Waals surface area contributed by atoms with Crippen LogP contribution in [0.5, 0.6) is 0 Å². The van der Waals surface area contributed by atoms with Crippen LogP contribution in [-0.4, -0.2) is 60.2 Å². The Bertz CT molecular complexity index is 816. The molecule has 1 heterocycles. The first-order chi connectivity index (χ1) is 13.0. The molecular formula is C20H20ClN3O3. The maximum absolute atomic E-state index is 12.5. The number of carbonyl (C=O) groups excluding carboxylic acids is 3. The Kier molecular flexibility index (Phi) is 6.08. The van der Waals surface area contributed by atoms with Crippen molar-refractivity contribution in [2.75, 3.05) is 32.7 Å². The van der Waals surface area contributed by atoms with Gasteiger partial charge in [-0.1, -0.05) is 29.8 Å². The van der Waals surface area contributed by atoms with Crippen LogP contribution in [0.25, 0.3) is 0 Å². The van der Waals surface area contributed by atoms with E-state index in [0.29, 0.717) is 42.3 Å². The van der Waals surface area contributed by atoms with Crippen LogP contribution in [-0.2, 0) is 4.79 Å². The average Bonchev–Trinajstić information content (AvgIpc) is 2.72. The summed E-state index contributed by atoms with van der Waals surface area (Å²) in [6, 6.07) is 15.5. The van der Waals surface area contributed by atoms with Crippen LogP contribution in [0.15, 0.2) is 54.6 Å². The molecule has 3 amide bonds. The molecule has 0 aromatic heterocycles. The van der Waals surface area contributed by atoms with Gasteiger partial charge in [0.1, 0.15) is 0 Å². The summed E-state index contributed by atoms with van der Waals surface area (Å²) in [6.07, 6.45) is 0. The Morgan fingerprint density at radius 3 is 2.04 bits per heavy atom. The van der Waals surface area contributed by atoms with E-state index in [2.05, 4.69) is 5.32 Å². The SMILES string of the molecule is O=C(NCC(=O)N1CCN(C(=O)c2ccc(Cl)cc2)CC1)c1ccccc1. The molecule has 3 rings (SSSR count). The van der Waals surface area contributed by atoms with Crippen molar-refractivity contribution in [1.29, 1.82) is 0 Å². The Morgan fingerprint density at radius 1 is 0.815 bits per heavy atom. The predicted molar refractivity (Wildman–Crippen MR) is 103 cm³/mol. The molecule has 0 unspecified atom stereocenters. The van der Waals surface area contributed by atoms with Crippen molar-refractivity contribution in [1.82, 2.24) is 15.1 Å². The van der Waals surface area contributed by atoms with Gasteiger partial charge in [-0.2, -0.15) is 0 Å². The summed E-state index contributed by atoms with van der Waals surface area (Å²) in [7, 11) is 0. The molecule has 0 bridgehead atoms. The number of amides is 3. The largest absolute Gasteiger partial charge is 0.343 e. The summed E-state index contributed by atoms with van der Waals surface area (Å²) in [5, 5.41) is 3.22. The van der Waals surface area contributed by atoms with Crippen LogP contribution in [0.3, 0.4) is 0 Å². The van der Waals surface area contributed by atoms with Crippen molar-refractivity contribution >= 4 is 29.3 Å². The van der Waals surface area contributed by atoms with Gasteiger partial charge >= 0.3 is 0 Å². The van der Waals surface area contributed by atoms with Gasteiger partial charge in [0.2, 0.25) is 5.91 Å². The fourth-order valence-electron chi connectivity index (χ4n) is 2.89. The van der Waals surface area contributed by atoms with Crippen molar-refractivity contribution in [3.63, 3.8) is 0 Å². The second kappa shape index (κ2) is 8.68. The molecule has 7 heteroatoms. The molecule has 27 heavy (non-hydrogen) atoms. The number of hydrogen-bond acceptors (Lipinski definition) is 3. The summed E-state index contributed by atoms with van der Waals surface area (Å²) < 4.78 is 0. The van der Waals surface area contributed by atoms with Gasteiger partial charge in [-0.3, -0.25) is 14.4 Å². The Labute approximate surface area is 162 Å². The lowest BCUT2D eigenvalue weighted by atomic mass is 10.2. The Hall–Kier alpha value is -2.86. The average molecular weight is 386 g/mol. The molecule has 0 saturated carbocycles. The van der Waals surface area contributed by atoms with Gasteiger partial charge in [-0.25, -0.2) is 0 Å². The Balaban J connectivity index is 1.47. The van der Waals surface area contributed by atoms with E-state index < -0.39 is 0 Å². The van der Waals surface area contributed by atoms with Gasteiger partial charge in [0, 0.05) is 42.3 Å². The number of hydrogen-bond donors (Lipinski definition) is 1. The summed E-state index contributed by atoms with van der Waals surface area (Å²) in [6.45, 7) is 1.75. The first-order valence-electron chi connectivity index (χ1n) is 8.70. The zero-order valence-corrected chi connectivity index (χ0v) is 15.5. The van der Waals surface area contributed by atoms with Gasteiger partial charge in [0.25, 0.3) is 11.8 Å². The molecule has 1 aliphatic rings. The lowest BCUT2D eigenvalue weighted by molar-refractivity contribution is -0.131. The fraction of sp³-hybridized carbons (Fsp3) is 0.250. The summed E-state index contributed by atoms with van der Waals surface area (Å²) in [5.41, 5.74) is 1.10. The van der Waals surface area contributed by atoms with Crippen molar-refractivity contribution in [2.24, 2.45) is 0 Å². The molecule has 1 fully saturated rings. The van der Waals surface area contributed by atoms with Crippen molar-refractivity contribution in [2.45, 2.75) is 0 Å². The maximum Gasteiger partial charge on any atom is 0.253 e. The fourth-order valence-corrected chi connectivity index (χ4v) is 3.02. The van der Waals surface area contributed by atoms with Crippen LogP contribution >= 0.6 is 11.6 Å². The molecule has 6 nitrogen and oxygen atoms in total. The van der Waals surface area contributed by atoms with Gasteiger partial charge in [-0.05, 0) is 36.4 Å². The zero-order chi connectivity index (χ0) is 19.2. The van der Waals surface area contributed by atoms with Crippen molar-refractivity contribution in [3.8, 4) is 0 Å². The van der Waals surface area contributed by atoms with E-state index in [1.807, 2.05) is 6.07 Å². The number of benzene rings is 2. The van der Waals surface area contributed by atoms with E-state index >= 15 is 0 Å². The van der Waals surface area contributed by atoms with E-state index in [1.165, 1.54) is 0 Å². The van der Waals surface area contributed by atoms with Gasteiger partial charge in [-0.15, -0.1) is 0 Å². The van der Waals surface area contributed by atoms with Crippen LogP contribution in [0.4, 0.5) is 0 Å².